The molecule has 0 fully saturated rings. The molecule has 7 nitrogen and oxygen atoms in total. The van der Waals surface area contributed by atoms with Crippen LogP contribution in [-0.4, -0.2) is 28.5 Å². The number of carbonyl (C=O) groups is 1. The number of anilines is 1. The molecule has 0 radical (unpaired) electrons. The second-order valence-electron chi connectivity index (χ2n) is 6.80. The van der Waals surface area contributed by atoms with E-state index < -0.39 is 44.6 Å². The van der Waals surface area contributed by atoms with Crippen LogP contribution in [0.5, 0.6) is 17.4 Å². The molecule has 3 aromatic rings. The fourth-order valence-corrected chi connectivity index (χ4v) is 3.38. The molecule has 0 aliphatic rings. The van der Waals surface area contributed by atoms with Gasteiger partial charge in [-0.05, 0) is 36.4 Å². The molecule has 1 heterocycles. The zero-order valence-electron chi connectivity index (χ0n) is 17.2. The second kappa shape index (κ2) is 9.06. The summed E-state index contributed by atoms with van der Waals surface area (Å²) in [5.74, 6) is -2.51. The lowest BCUT2D eigenvalue weighted by atomic mass is 10.1. The van der Waals surface area contributed by atoms with Crippen LogP contribution in [0.3, 0.4) is 0 Å². The summed E-state index contributed by atoms with van der Waals surface area (Å²) in [5.41, 5.74) is -1.68. The van der Waals surface area contributed by atoms with Crippen molar-refractivity contribution in [3.63, 3.8) is 0 Å². The minimum absolute atomic E-state index is 0.0810. The molecule has 0 aliphatic heterocycles. The Kier molecular flexibility index (Phi) is 6.58. The van der Waals surface area contributed by atoms with E-state index >= 15 is 0 Å². The maximum Gasteiger partial charge on any atom is 0.417 e. The molecule has 0 saturated heterocycles. The number of rotatable bonds is 6. The van der Waals surface area contributed by atoms with Crippen LogP contribution in [0.4, 0.5) is 23.2 Å². The number of aromatic nitrogens is 1. The first kappa shape index (κ1) is 24.0. The lowest BCUT2D eigenvalue weighted by molar-refractivity contribution is -0.137. The number of nitrogens with zero attached hydrogens (tertiary/aromatic N) is 1. The van der Waals surface area contributed by atoms with Crippen LogP contribution in [0.1, 0.15) is 15.9 Å². The van der Waals surface area contributed by atoms with Crippen molar-refractivity contribution in [1.82, 2.24) is 4.98 Å². The van der Waals surface area contributed by atoms with E-state index in [4.69, 9.17) is 14.3 Å². The van der Waals surface area contributed by atoms with Crippen LogP contribution in [-0.2, 0) is 15.9 Å². The second-order valence-corrected chi connectivity index (χ2v) is 8.96. The first-order valence-electron chi connectivity index (χ1n) is 9.12. The van der Waals surface area contributed by atoms with E-state index in [1.165, 1.54) is 49.8 Å². The number of ether oxygens (including phenoxy) is 2. The van der Waals surface area contributed by atoms with Crippen molar-refractivity contribution in [2.75, 3.05) is 18.7 Å². The molecule has 1 atom stereocenters. The Morgan fingerprint density at radius 1 is 1.15 bits per heavy atom. The zero-order valence-corrected chi connectivity index (χ0v) is 18.0. The van der Waals surface area contributed by atoms with E-state index in [0.29, 0.717) is 12.3 Å². The Balaban J connectivity index is 1.99. The van der Waals surface area contributed by atoms with E-state index in [1.807, 2.05) is 0 Å². The van der Waals surface area contributed by atoms with Crippen LogP contribution in [0.15, 0.2) is 59.6 Å². The molecule has 0 bridgehead atoms. The van der Waals surface area contributed by atoms with Crippen LogP contribution in [0, 0.1) is 10.6 Å². The summed E-state index contributed by atoms with van der Waals surface area (Å²) in [7, 11) is -1.84. The fraction of sp³-hybridized carbons (Fsp3) is 0.143. The van der Waals surface area contributed by atoms with Gasteiger partial charge >= 0.3 is 6.18 Å². The molecule has 1 unspecified atom stereocenters. The minimum atomic E-state index is -4.79. The van der Waals surface area contributed by atoms with Crippen molar-refractivity contribution in [2.24, 2.45) is 0 Å². The number of methoxy groups -OCH3 is 1. The van der Waals surface area contributed by atoms with Crippen molar-refractivity contribution >= 4 is 21.3 Å². The summed E-state index contributed by atoms with van der Waals surface area (Å²) < 4.78 is 83.3. The van der Waals surface area contributed by atoms with Gasteiger partial charge in [0.25, 0.3) is 5.91 Å². The van der Waals surface area contributed by atoms with Crippen molar-refractivity contribution in [3.05, 3.63) is 71.7 Å². The molecular weight excluding hydrogens is 466 g/mol. The number of pyridine rings is 1. The van der Waals surface area contributed by atoms with Crippen molar-refractivity contribution in [2.45, 2.75) is 11.1 Å². The third kappa shape index (κ3) is 5.77. The smallest absolute Gasteiger partial charge is 0.417 e. The molecule has 33 heavy (non-hydrogen) atoms. The van der Waals surface area contributed by atoms with Crippen LogP contribution in [0.2, 0.25) is 0 Å². The normalized spacial score (nSPS) is 13.2. The fourth-order valence-electron chi connectivity index (χ4n) is 2.69. The molecule has 0 aliphatic carbocycles. The van der Waals surface area contributed by atoms with Crippen molar-refractivity contribution in [1.29, 1.82) is 4.78 Å². The minimum Gasteiger partial charge on any atom is -0.494 e. The predicted molar refractivity (Wildman–Crippen MR) is 112 cm³/mol. The average molecular weight is 483 g/mol. The number of nitrogens with one attached hydrogen (secondary N) is 2. The highest BCUT2D eigenvalue weighted by Crippen LogP contribution is 2.34. The molecule has 1 aromatic heterocycles. The molecule has 3 rings (SSSR count). The average Bonchev–Trinajstić information content (AvgIpc) is 2.73. The molecule has 174 valence electrons. The van der Waals surface area contributed by atoms with Gasteiger partial charge in [-0.1, -0.05) is 6.07 Å². The van der Waals surface area contributed by atoms with E-state index in [1.54, 1.807) is 0 Å². The van der Waals surface area contributed by atoms with Crippen LogP contribution < -0.4 is 14.8 Å². The number of halogens is 4. The van der Waals surface area contributed by atoms with Crippen LogP contribution >= 0.6 is 0 Å². The molecule has 1 amide bonds. The third-order valence-electron chi connectivity index (χ3n) is 4.30. The van der Waals surface area contributed by atoms with Gasteiger partial charge in [0, 0.05) is 29.1 Å². The molecule has 2 aromatic carbocycles. The van der Waals surface area contributed by atoms with Gasteiger partial charge in [0.1, 0.15) is 11.3 Å². The Hall–Kier alpha value is -3.67. The quantitative estimate of drug-likeness (QED) is 0.462. The summed E-state index contributed by atoms with van der Waals surface area (Å²) in [6, 6.07) is 9.54. The summed E-state index contributed by atoms with van der Waals surface area (Å²) >= 11 is 0. The number of hydrogen-bond acceptors (Lipinski definition) is 6. The van der Waals surface area contributed by atoms with Gasteiger partial charge in [-0.3, -0.25) is 4.79 Å². The van der Waals surface area contributed by atoms with Gasteiger partial charge in [-0.15, -0.1) is 0 Å². The van der Waals surface area contributed by atoms with Crippen LogP contribution in [0.25, 0.3) is 0 Å². The van der Waals surface area contributed by atoms with Gasteiger partial charge < -0.3 is 14.8 Å². The largest absolute Gasteiger partial charge is 0.494 e. The van der Waals surface area contributed by atoms with Gasteiger partial charge in [0.05, 0.1) is 22.4 Å². The number of benzene rings is 2. The summed E-state index contributed by atoms with van der Waals surface area (Å²) in [6.07, 6.45) is -3.12. The SMILES string of the molecule is COc1ccc(Oc2ncc(C(F)(F)F)cc2C(=O)Nc2cccc(S(C)(=N)=O)c2)cc1F. The highest BCUT2D eigenvalue weighted by Gasteiger charge is 2.33. The van der Waals surface area contributed by atoms with E-state index in [0.717, 1.165) is 6.07 Å². The van der Waals surface area contributed by atoms with Gasteiger partial charge in [0.15, 0.2) is 11.6 Å². The van der Waals surface area contributed by atoms with Gasteiger partial charge in [0.2, 0.25) is 5.88 Å². The molecule has 2 N–H and O–H groups in total. The Morgan fingerprint density at radius 2 is 1.88 bits per heavy atom. The number of hydrogen-bond donors (Lipinski definition) is 2. The lowest BCUT2D eigenvalue weighted by Gasteiger charge is -2.14. The Morgan fingerprint density at radius 3 is 2.48 bits per heavy atom. The predicted octanol–water partition coefficient (Wildman–Crippen LogP) is 5.33. The lowest BCUT2D eigenvalue weighted by Crippen LogP contribution is -2.16. The van der Waals surface area contributed by atoms with E-state index in [-0.39, 0.29) is 22.1 Å². The summed E-state index contributed by atoms with van der Waals surface area (Å²) in [5, 5.41) is 2.38. The van der Waals surface area contributed by atoms with Crippen molar-refractivity contribution in [3.8, 4) is 17.4 Å². The highest BCUT2D eigenvalue weighted by molar-refractivity contribution is 7.91. The highest BCUT2D eigenvalue weighted by atomic mass is 32.2. The van der Waals surface area contributed by atoms with E-state index in [9.17, 15) is 26.6 Å². The first-order chi connectivity index (χ1) is 15.4. The first-order valence-corrected chi connectivity index (χ1v) is 11.1. The molecule has 12 heteroatoms. The number of amides is 1. The number of alkyl halides is 3. The summed E-state index contributed by atoms with van der Waals surface area (Å²) in [4.78, 5) is 16.5. The third-order valence-corrected chi connectivity index (χ3v) is 5.46. The topological polar surface area (TPSA) is 101 Å². The van der Waals surface area contributed by atoms with Gasteiger partial charge in [-0.2, -0.15) is 13.2 Å². The maximum atomic E-state index is 14.0. The monoisotopic (exact) mass is 483 g/mol. The molecular formula is C21H17F4N3O4S. The molecule has 0 saturated carbocycles. The maximum absolute atomic E-state index is 14.0. The Labute approximate surface area is 186 Å². The van der Waals surface area contributed by atoms with Gasteiger partial charge in [-0.25, -0.2) is 18.4 Å². The van der Waals surface area contributed by atoms with Crippen molar-refractivity contribution < 1.29 is 36.0 Å². The Bertz CT molecular complexity index is 1310. The van der Waals surface area contributed by atoms with E-state index in [2.05, 4.69) is 10.3 Å². The summed E-state index contributed by atoms with van der Waals surface area (Å²) in [6.45, 7) is 0. The number of carbonyl (C=O) groups excluding carboxylic acids is 1. The zero-order chi connectivity index (χ0) is 24.4. The molecule has 0 spiro atoms. The standard InChI is InChI=1S/C21H17F4N3O4S/c1-31-18-7-6-14(10-17(18)22)32-20-16(8-12(11-27-20)21(23,24)25)19(29)28-13-4-3-5-15(9-13)33(2,26)30/h3-11,26H,1-2H3,(H,28,29).